The van der Waals surface area contributed by atoms with Crippen LogP contribution in [0.15, 0.2) is 0 Å². The van der Waals surface area contributed by atoms with E-state index in [1.807, 2.05) is 0 Å². The fourth-order valence-corrected chi connectivity index (χ4v) is 2.15. The van der Waals surface area contributed by atoms with Crippen molar-refractivity contribution in [2.75, 3.05) is 26.8 Å². The van der Waals surface area contributed by atoms with Crippen LogP contribution in [0.1, 0.15) is 25.7 Å². The summed E-state index contributed by atoms with van der Waals surface area (Å²) in [6, 6.07) is 0. The molecule has 0 amide bonds. The van der Waals surface area contributed by atoms with Gasteiger partial charge in [-0.1, -0.05) is 15.9 Å². The predicted molar refractivity (Wildman–Crippen MR) is 65.8 cm³/mol. The highest BCUT2D eigenvalue weighted by Crippen LogP contribution is 2.14. The summed E-state index contributed by atoms with van der Waals surface area (Å²) in [6.07, 6.45) is 5.04. The molecule has 1 fully saturated rings. The van der Waals surface area contributed by atoms with Crippen LogP contribution < -0.4 is 5.32 Å². The molecule has 4 nitrogen and oxygen atoms in total. The third-order valence-electron chi connectivity index (χ3n) is 2.70. The number of alkyl halides is 1. The zero-order chi connectivity index (χ0) is 11.8. The number of halogens is 1. The maximum absolute atomic E-state index is 11.1. The van der Waals surface area contributed by atoms with Crippen molar-refractivity contribution >= 4 is 21.9 Å². The minimum atomic E-state index is -0.259. The van der Waals surface area contributed by atoms with Gasteiger partial charge in [0, 0.05) is 13.2 Å². The van der Waals surface area contributed by atoms with Crippen LogP contribution in [0.4, 0.5) is 0 Å². The van der Waals surface area contributed by atoms with Crippen LogP contribution in [0, 0.1) is 0 Å². The molecule has 0 aliphatic carbocycles. The number of carbonyl (C=O) groups excluding carboxylic acids is 1. The number of methoxy groups -OCH3 is 1. The van der Waals surface area contributed by atoms with Crippen molar-refractivity contribution in [1.82, 2.24) is 5.32 Å². The van der Waals surface area contributed by atoms with E-state index >= 15 is 0 Å². The third kappa shape index (κ3) is 5.27. The quantitative estimate of drug-likeness (QED) is 0.458. The standard InChI is InChI=1S/C11H20BrNO3/c1-15-11(14)10(12)8-13-6-5-9-4-2-3-7-16-9/h9-10,13H,2-8H2,1H3. The number of rotatable bonds is 6. The van der Waals surface area contributed by atoms with Crippen molar-refractivity contribution in [3.63, 3.8) is 0 Å². The lowest BCUT2D eigenvalue weighted by Gasteiger charge is -2.22. The van der Waals surface area contributed by atoms with Gasteiger partial charge in [-0.3, -0.25) is 4.79 Å². The molecule has 1 rings (SSSR count). The molecule has 1 aliphatic heterocycles. The summed E-state index contributed by atoms with van der Waals surface area (Å²) >= 11 is 3.26. The van der Waals surface area contributed by atoms with Gasteiger partial charge in [-0.25, -0.2) is 0 Å². The molecular formula is C11H20BrNO3. The zero-order valence-corrected chi connectivity index (χ0v) is 11.3. The van der Waals surface area contributed by atoms with Crippen LogP contribution in [0.5, 0.6) is 0 Å². The highest BCUT2D eigenvalue weighted by molar-refractivity contribution is 9.10. The molecule has 94 valence electrons. The zero-order valence-electron chi connectivity index (χ0n) is 9.71. The Hall–Kier alpha value is -0.130. The monoisotopic (exact) mass is 293 g/mol. The van der Waals surface area contributed by atoms with Gasteiger partial charge in [-0.05, 0) is 32.2 Å². The summed E-state index contributed by atoms with van der Waals surface area (Å²) in [6.45, 7) is 2.37. The van der Waals surface area contributed by atoms with Gasteiger partial charge in [0.25, 0.3) is 0 Å². The van der Waals surface area contributed by atoms with Gasteiger partial charge in [0.05, 0.1) is 13.2 Å². The smallest absolute Gasteiger partial charge is 0.320 e. The van der Waals surface area contributed by atoms with Crippen LogP contribution in [-0.2, 0) is 14.3 Å². The number of ether oxygens (including phenoxy) is 2. The fraction of sp³-hybridized carbons (Fsp3) is 0.909. The first kappa shape index (κ1) is 13.9. The first-order valence-corrected chi connectivity index (χ1v) is 6.70. The molecule has 0 aromatic rings. The van der Waals surface area contributed by atoms with Gasteiger partial charge in [0.1, 0.15) is 4.83 Å². The van der Waals surface area contributed by atoms with Crippen molar-refractivity contribution < 1.29 is 14.3 Å². The van der Waals surface area contributed by atoms with E-state index in [0.29, 0.717) is 12.6 Å². The lowest BCUT2D eigenvalue weighted by molar-refractivity contribution is -0.139. The number of nitrogens with one attached hydrogen (secondary N) is 1. The van der Waals surface area contributed by atoms with Crippen molar-refractivity contribution in [1.29, 1.82) is 0 Å². The van der Waals surface area contributed by atoms with E-state index < -0.39 is 0 Å². The Morgan fingerprint density at radius 2 is 2.44 bits per heavy atom. The summed E-state index contributed by atoms with van der Waals surface area (Å²) in [4.78, 5) is 10.8. The summed E-state index contributed by atoms with van der Waals surface area (Å²) in [5.74, 6) is -0.235. The number of carbonyl (C=O) groups is 1. The highest BCUT2D eigenvalue weighted by Gasteiger charge is 2.16. The normalized spacial score (nSPS) is 22.8. The van der Waals surface area contributed by atoms with E-state index in [1.54, 1.807) is 0 Å². The number of esters is 1. The minimum absolute atomic E-state index is 0.235. The Morgan fingerprint density at radius 1 is 1.62 bits per heavy atom. The second-order valence-electron chi connectivity index (χ2n) is 3.97. The van der Waals surface area contributed by atoms with E-state index in [9.17, 15) is 4.79 Å². The van der Waals surface area contributed by atoms with Gasteiger partial charge in [0.15, 0.2) is 0 Å². The van der Waals surface area contributed by atoms with Crippen LogP contribution in [0.2, 0.25) is 0 Å². The molecule has 0 radical (unpaired) electrons. The molecule has 5 heteroatoms. The van der Waals surface area contributed by atoms with E-state index in [0.717, 1.165) is 26.0 Å². The Kier molecular flexibility index (Phi) is 7.00. The Labute approximate surface area is 105 Å². The molecule has 0 spiro atoms. The van der Waals surface area contributed by atoms with Crippen molar-refractivity contribution in [3.8, 4) is 0 Å². The predicted octanol–water partition coefficient (Wildman–Crippen LogP) is 1.47. The molecule has 1 heterocycles. The lowest BCUT2D eigenvalue weighted by Crippen LogP contribution is -2.32. The Balaban J connectivity index is 2.00. The van der Waals surface area contributed by atoms with Crippen LogP contribution in [0.25, 0.3) is 0 Å². The van der Waals surface area contributed by atoms with Crippen LogP contribution >= 0.6 is 15.9 Å². The molecular weight excluding hydrogens is 274 g/mol. The van der Waals surface area contributed by atoms with Crippen molar-refractivity contribution in [2.45, 2.75) is 36.6 Å². The second-order valence-corrected chi connectivity index (χ2v) is 5.08. The molecule has 0 aromatic heterocycles. The molecule has 0 aromatic carbocycles. The third-order valence-corrected chi connectivity index (χ3v) is 3.40. The average molecular weight is 294 g/mol. The van der Waals surface area contributed by atoms with Crippen LogP contribution in [0.3, 0.4) is 0 Å². The van der Waals surface area contributed by atoms with Crippen LogP contribution in [-0.4, -0.2) is 43.7 Å². The first-order chi connectivity index (χ1) is 7.74. The van der Waals surface area contributed by atoms with E-state index in [1.165, 1.54) is 20.0 Å². The highest BCUT2D eigenvalue weighted by atomic mass is 79.9. The summed E-state index contributed by atoms with van der Waals surface area (Å²) in [5.41, 5.74) is 0. The van der Waals surface area contributed by atoms with Gasteiger partial charge < -0.3 is 14.8 Å². The second kappa shape index (κ2) is 8.03. The largest absolute Gasteiger partial charge is 0.468 e. The maximum Gasteiger partial charge on any atom is 0.320 e. The number of hydrogen-bond donors (Lipinski definition) is 1. The fourth-order valence-electron chi connectivity index (χ4n) is 1.74. The van der Waals surface area contributed by atoms with Crippen molar-refractivity contribution in [3.05, 3.63) is 0 Å². The molecule has 1 N–H and O–H groups in total. The maximum atomic E-state index is 11.1. The molecule has 2 unspecified atom stereocenters. The minimum Gasteiger partial charge on any atom is -0.468 e. The van der Waals surface area contributed by atoms with Gasteiger partial charge in [0.2, 0.25) is 0 Å². The van der Waals surface area contributed by atoms with Crippen molar-refractivity contribution in [2.24, 2.45) is 0 Å². The Bertz CT molecular complexity index is 207. The van der Waals surface area contributed by atoms with E-state index in [2.05, 4.69) is 26.0 Å². The topological polar surface area (TPSA) is 47.6 Å². The number of hydrogen-bond acceptors (Lipinski definition) is 4. The van der Waals surface area contributed by atoms with Gasteiger partial charge in [-0.2, -0.15) is 0 Å². The van der Waals surface area contributed by atoms with E-state index in [-0.39, 0.29) is 10.8 Å². The molecule has 0 saturated carbocycles. The molecule has 1 aliphatic rings. The first-order valence-electron chi connectivity index (χ1n) is 5.78. The Morgan fingerprint density at radius 3 is 3.06 bits per heavy atom. The summed E-state index contributed by atoms with van der Waals surface area (Å²) < 4.78 is 10.2. The molecule has 2 atom stereocenters. The average Bonchev–Trinajstić information content (AvgIpc) is 2.34. The van der Waals surface area contributed by atoms with Gasteiger partial charge >= 0.3 is 5.97 Å². The molecule has 0 bridgehead atoms. The SMILES string of the molecule is COC(=O)C(Br)CNCCC1CCCCO1. The summed E-state index contributed by atoms with van der Waals surface area (Å²) in [7, 11) is 1.40. The van der Waals surface area contributed by atoms with Gasteiger partial charge in [-0.15, -0.1) is 0 Å². The molecule has 16 heavy (non-hydrogen) atoms. The lowest BCUT2D eigenvalue weighted by atomic mass is 10.1. The summed E-state index contributed by atoms with van der Waals surface area (Å²) in [5, 5.41) is 3.22. The van der Waals surface area contributed by atoms with E-state index in [4.69, 9.17) is 4.74 Å². The molecule has 1 saturated heterocycles.